The summed E-state index contributed by atoms with van der Waals surface area (Å²) in [6, 6.07) is 8.76. The van der Waals surface area contributed by atoms with Crippen molar-refractivity contribution in [3.05, 3.63) is 47.0 Å². The molecule has 2 amide bonds. The van der Waals surface area contributed by atoms with E-state index in [1.807, 2.05) is 38.1 Å². The summed E-state index contributed by atoms with van der Waals surface area (Å²) < 4.78 is 21.1. The molecule has 1 N–H and O–H groups in total. The van der Waals surface area contributed by atoms with Crippen LogP contribution in [0.15, 0.2) is 30.3 Å². The molecule has 2 unspecified atom stereocenters. The van der Waals surface area contributed by atoms with E-state index < -0.39 is 10.8 Å². The van der Waals surface area contributed by atoms with Gasteiger partial charge in [0.2, 0.25) is 5.91 Å². The topological polar surface area (TPSA) is 86.3 Å². The Bertz CT molecular complexity index is 1120. The number of amides is 2. The molecule has 0 bridgehead atoms. The largest absolute Gasteiger partial charge is 0.493 e. The predicted octanol–water partition coefficient (Wildman–Crippen LogP) is 3.43. The minimum atomic E-state index is -0.622. The van der Waals surface area contributed by atoms with Crippen molar-refractivity contribution >= 4 is 23.6 Å². The summed E-state index contributed by atoms with van der Waals surface area (Å²) in [5.74, 6) is 1.82. The molecule has 1 saturated heterocycles. The fourth-order valence-corrected chi connectivity index (χ4v) is 6.30. The number of fused-ring (bicyclic) bond motifs is 3. The van der Waals surface area contributed by atoms with Crippen molar-refractivity contribution in [3.63, 3.8) is 0 Å². The maximum Gasteiger partial charge on any atom is 0.260 e. The van der Waals surface area contributed by atoms with Crippen LogP contribution in [-0.2, 0) is 11.2 Å². The summed E-state index contributed by atoms with van der Waals surface area (Å²) in [6.07, 6.45) is 0.620. The van der Waals surface area contributed by atoms with Crippen LogP contribution in [0.4, 0.5) is 0 Å². The van der Waals surface area contributed by atoms with Gasteiger partial charge in [0.15, 0.2) is 23.0 Å². The van der Waals surface area contributed by atoms with Gasteiger partial charge in [-0.25, -0.2) is 0 Å². The zero-order valence-corrected chi connectivity index (χ0v) is 21.1. The molecule has 0 radical (unpaired) electrons. The molecule has 9 heteroatoms. The average molecular weight is 487 g/mol. The summed E-state index contributed by atoms with van der Waals surface area (Å²) in [7, 11) is 6.24. The number of carbonyl (C=O) groups is 2. The lowest BCUT2D eigenvalue weighted by Gasteiger charge is -2.29. The van der Waals surface area contributed by atoms with Crippen LogP contribution in [0.1, 0.15) is 40.7 Å². The second-order valence-corrected chi connectivity index (χ2v) is 10.4. The second-order valence-electron chi connectivity index (χ2n) is 8.68. The smallest absolute Gasteiger partial charge is 0.260 e. The van der Waals surface area contributed by atoms with Gasteiger partial charge in [0.1, 0.15) is 11.4 Å². The molecule has 2 heterocycles. The fraction of sp³-hybridized carbons (Fsp3) is 0.440. The molecule has 34 heavy (non-hydrogen) atoms. The minimum absolute atomic E-state index is 0.174. The summed E-state index contributed by atoms with van der Waals surface area (Å²) in [6.45, 7) is 4.44. The van der Waals surface area contributed by atoms with Gasteiger partial charge >= 0.3 is 0 Å². The highest BCUT2D eigenvalue weighted by Crippen LogP contribution is 2.58. The van der Waals surface area contributed by atoms with Crippen molar-refractivity contribution in [2.75, 3.05) is 35.0 Å². The molecule has 0 saturated carbocycles. The molecule has 0 aliphatic carbocycles. The van der Waals surface area contributed by atoms with E-state index in [1.165, 1.54) is 14.2 Å². The minimum Gasteiger partial charge on any atom is -0.493 e. The first-order chi connectivity index (χ1) is 16.3. The third-order valence-corrected chi connectivity index (χ3v) is 7.84. The summed E-state index contributed by atoms with van der Waals surface area (Å²) in [4.78, 5) is 28.6. The molecule has 2 aromatic rings. The van der Waals surface area contributed by atoms with Gasteiger partial charge in [-0.1, -0.05) is 12.1 Å². The molecular formula is C25H30N2O6S. The van der Waals surface area contributed by atoms with Crippen LogP contribution in [-0.4, -0.2) is 62.5 Å². The standard InChI is InChI=1S/C25H30N2O6S/c1-25(2)21(22(28)26-12-11-14-7-9-16(30-3)18(13-14)32-5)27-23(29)19-15(24(27)34-25)8-10-17(31-4)20(19)33-6/h7-10,13,21,24H,11-12H2,1-6H3,(H,26,28). The van der Waals surface area contributed by atoms with E-state index in [1.54, 1.807) is 36.9 Å². The molecule has 4 rings (SSSR count). The first-order valence-corrected chi connectivity index (χ1v) is 11.9. The third kappa shape index (κ3) is 3.91. The lowest BCUT2D eigenvalue weighted by atomic mass is 10.0. The van der Waals surface area contributed by atoms with Gasteiger partial charge < -0.3 is 29.2 Å². The quantitative estimate of drug-likeness (QED) is 0.612. The Morgan fingerprint density at radius 1 is 1.00 bits per heavy atom. The number of rotatable bonds is 8. The van der Waals surface area contributed by atoms with E-state index >= 15 is 0 Å². The van der Waals surface area contributed by atoms with Crippen LogP contribution in [0.3, 0.4) is 0 Å². The van der Waals surface area contributed by atoms with E-state index in [0.29, 0.717) is 41.5 Å². The average Bonchev–Trinajstić information content (AvgIpc) is 3.26. The third-order valence-electron chi connectivity index (χ3n) is 6.31. The molecule has 8 nitrogen and oxygen atoms in total. The van der Waals surface area contributed by atoms with Gasteiger partial charge in [-0.15, -0.1) is 11.8 Å². The van der Waals surface area contributed by atoms with Gasteiger partial charge in [0, 0.05) is 16.9 Å². The number of carbonyl (C=O) groups excluding carboxylic acids is 2. The first kappa shape index (κ1) is 24.1. The number of benzene rings is 2. The molecule has 2 aliphatic rings. The van der Waals surface area contributed by atoms with Crippen molar-refractivity contribution < 1.29 is 28.5 Å². The van der Waals surface area contributed by atoms with Gasteiger partial charge in [-0.2, -0.15) is 0 Å². The number of ether oxygens (including phenoxy) is 4. The number of thioether (sulfide) groups is 1. The van der Waals surface area contributed by atoms with Gasteiger partial charge in [0.25, 0.3) is 5.91 Å². The van der Waals surface area contributed by atoms with Crippen LogP contribution in [0, 0.1) is 0 Å². The second kappa shape index (κ2) is 9.29. The Labute approximate surface area is 203 Å². The normalized spacial score (nSPS) is 19.9. The summed E-state index contributed by atoms with van der Waals surface area (Å²) in [5, 5.41) is 2.78. The Hall–Kier alpha value is -3.07. The Morgan fingerprint density at radius 2 is 1.68 bits per heavy atom. The van der Waals surface area contributed by atoms with Crippen molar-refractivity contribution in [2.24, 2.45) is 0 Å². The number of hydrogen-bond donors (Lipinski definition) is 1. The molecule has 0 spiro atoms. The van der Waals surface area contributed by atoms with Crippen molar-refractivity contribution in [1.82, 2.24) is 10.2 Å². The van der Waals surface area contributed by atoms with Crippen LogP contribution in [0.25, 0.3) is 0 Å². The van der Waals surface area contributed by atoms with Crippen molar-refractivity contribution in [2.45, 2.75) is 36.4 Å². The highest BCUT2D eigenvalue weighted by atomic mass is 32.2. The maximum atomic E-state index is 13.5. The van der Waals surface area contributed by atoms with Crippen molar-refractivity contribution in [1.29, 1.82) is 0 Å². The summed E-state index contributed by atoms with van der Waals surface area (Å²) >= 11 is 1.61. The molecule has 2 aromatic carbocycles. The monoisotopic (exact) mass is 486 g/mol. The Balaban J connectivity index is 1.52. The number of nitrogens with one attached hydrogen (secondary N) is 1. The van der Waals surface area contributed by atoms with E-state index in [0.717, 1.165) is 11.1 Å². The molecule has 2 atom stereocenters. The van der Waals surface area contributed by atoms with E-state index in [-0.39, 0.29) is 17.2 Å². The number of methoxy groups -OCH3 is 4. The van der Waals surface area contributed by atoms with Gasteiger partial charge in [0.05, 0.1) is 34.0 Å². The zero-order chi connectivity index (χ0) is 24.6. The van der Waals surface area contributed by atoms with Gasteiger partial charge in [-0.05, 0) is 44.0 Å². The molecular weight excluding hydrogens is 456 g/mol. The highest BCUT2D eigenvalue weighted by Gasteiger charge is 2.58. The Kier molecular flexibility index (Phi) is 6.58. The van der Waals surface area contributed by atoms with Crippen LogP contribution in [0.2, 0.25) is 0 Å². The number of hydrogen-bond acceptors (Lipinski definition) is 7. The molecule has 0 aromatic heterocycles. The first-order valence-electron chi connectivity index (χ1n) is 11.0. The van der Waals surface area contributed by atoms with E-state index in [9.17, 15) is 9.59 Å². The lowest BCUT2D eigenvalue weighted by molar-refractivity contribution is -0.126. The van der Waals surface area contributed by atoms with Crippen LogP contribution >= 0.6 is 11.8 Å². The van der Waals surface area contributed by atoms with E-state index in [2.05, 4.69) is 5.32 Å². The van der Waals surface area contributed by atoms with Crippen LogP contribution in [0.5, 0.6) is 23.0 Å². The molecule has 182 valence electrons. The SMILES string of the molecule is COc1ccc(CCNC(=O)C2N3C(=O)c4c(ccc(OC)c4OC)C3SC2(C)C)cc1OC. The zero-order valence-electron chi connectivity index (χ0n) is 20.3. The summed E-state index contributed by atoms with van der Waals surface area (Å²) in [5.41, 5.74) is 2.33. The molecule has 1 fully saturated rings. The van der Waals surface area contributed by atoms with E-state index in [4.69, 9.17) is 18.9 Å². The molecule has 2 aliphatic heterocycles. The van der Waals surface area contributed by atoms with Crippen LogP contribution < -0.4 is 24.3 Å². The number of nitrogens with zero attached hydrogens (tertiary/aromatic N) is 1. The predicted molar refractivity (Wildman–Crippen MR) is 130 cm³/mol. The Morgan fingerprint density at radius 3 is 2.32 bits per heavy atom. The highest BCUT2D eigenvalue weighted by molar-refractivity contribution is 8.01. The van der Waals surface area contributed by atoms with Gasteiger partial charge in [-0.3, -0.25) is 9.59 Å². The van der Waals surface area contributed by atoms with Crippen molar-refractivity contribution in [3.8, 4) is 23.0 Å². The fourth-order valence-electron chi connectivity index (χ4n) is 4.72. The lowest BCUT2D eigenvalue weighted by Crippen LogP contribution is -2.52. The maximum absolute atomic E-state index is 13.5.